The lowest BCUT2D eigenvalue weighted by Crippen LogP contribution is -2.39. The number of sulfonamides is 1. The SMILES string of the molecule is NC(CNS(=O)(=O)Cc1cccc(C(F)(F)F)c1)C1CC1. The molecule has 0 aliphatic heterocycles. The standard InChI is InChI=1S/C13H17F3N2O2S/c14-13(15,16)11-3-1-2-9(6-11)8-21(19,20)18-7-12(17)10-4-5-10/h1-3,6,10,12,18H,4-5,7-8,17H2. The van der Waals surface area contributed by atoms with Crippen LogP contribution in [0, 0.1) is 5.92 Å². The van der Waals surface area contributed by atoms with Crippen LogP contribution in [0.5, 0.6) is 0 Å². The summed E-state index contributed by atoms with van der Waals surface area (Å²) in [7, 11) is -3.70. The van der Waals surface area contributed by atoms with Gasteiger partial charge in [0.05, 0.1) is 11.3 Å². The molecule has 1 aromatic carbocycles. The Morgan fingerprint density at radius 2 is 2.00 bits per heavy atom. The zero-order valence-electron chi connectivity index (χ0n) is 11.2. The predicted octanol–water partition coefficient (Wildman–Crippen LogP) is 1.86. The molecule has 0 spiro atoms. The zero-order valence-corrected chi connectivity index (χ0v) is 12.0. The van der Waals surface area contributed by atoms with Crippen LogP contribution in [-0.2, 0) is 22.0 Å². The van der Waals surface area contributed by atoms with Gasteiger partial charge in [-0.2, -0.15) is 13.2 Å². The summed E-state index contributed by atoms with van der Waals surface area (Å²) < 4.78 is 63.8. The molecule has 2 rings (SSSR count). The highest BCUT2D eigenvalue weighted by Crippen LogP contribution is 2.31. The number of halogens is 3. The van der Waals surface area contributed by atoms with Crippen molar-refractivity contribution < 1.29 is 21.6 Å². The molecule has 0 saturated heterocycles. The highest BCUT2D eigenvalue weighted by atomic mass is 32.2. The van der Waals surface area contributed by atoms with Gasteiger partial charge in [0.2, 0.25) is 10.0 Å². The molecular formula is C13H17F3N2O2S. The van der Waals surface area contributed by atoms with Crippen molar-refractivity contribution in [1.29, 1.82) is 0 Å². The van der Waals surface area contributed by atoms with E-state index in [1.165, 1.54) is 12.1 Å². The molecule has 3 N–H and O–H groups in total. The number of hydrogen-bond donors (Lipinski definition) is 2. The second-order valence-electron chi connectivity index (χ2n) is 5.31. The maximum Gasteiger partial charge on any atom is 0.416 e. The summed E-state index contributed by atoms with van der Waals surface area (Å²) in [5.41, 5.74) is 5.02. The zero-order chi connectivity index (χ0) is 15.7. The molecule has 0 aromatic heterocycles. The molecule has 1 unspecified atom stereocenters. The van der Waals surface area contributed by atoms with E-state index >= 15 is 0 Å². The van der Waals surface area contributed by atoms with Crippen LogP contribution in [0.1, 0.15) is 24.0 Å². The van der Waals surface area contributed by atoms with E-state index in [4.69, 9.17) is 5.73 Å². The fraction of sp³-hybridized carbons (Fsp3) is 0.538. The maximum atomic E-state index is 12.6. The third-order valence-corrected chi connectivity index (χ3v) is 4.70. The molecule has 1 aliphatic carbocycles. The molecule has 0 radical (unpaired) electrons. The first-order valence-electron chi connectivity index (χ1n) is 6.56. The highest BCUT2D eigenvalue weighted by Gasteiger charge is 2.31. The van der Waals surface area contributed by atoms with Gasteiger partial charge in [-0.15, -0.1) is 0 Å². The van der Waals surface area contributed by atoms with E-state index in [1.54, 1.807) is 0 Å². The summed E-state index contributed by atoms with van der Waals surface area (Å²) in [6.07, 6.45) is -2.49. The fourth-order valence-corrected chi connectivity index (χ4v) is 3.19. The Balaban J connectivity index is 1.99. The van der Waals surface area contributed by atoms with Crippen molar-refractivity contribution in [2.24, 2.45) is 11.7 Å². The lowest BCUT2D eigenvalue weighted by atomic mass is 10.1. The molecule has 118 valence electrons. The molecule has 0 bridgehead atoms. The molecule has 0 heterocycles. The van der Waals surface area contributed by atoms with Crippen LogP contribution in [0.25, 0.3) is 0 Å². The van der Waals surface area contributed by atoms with Crippen molar-refractivity contribution in [3.05, 3.63) is 35.4 Å². The van der Waals surface area contributed by atoms with Gasteiger partial charge in [-0.3, -0.25) is 0 Å². The van der Waals surface area contributed by atoms with Crippen molar-refractivity contribution in [2.75, 3.05) is 6.54 Å². The van der Waals surface area contributed by atoms with E-state index in [9.17, 15) is 21.6 Å². The van der Waals surface area contributed by atoms with E-state index in [1.807, 2.05) is 0 Å². The van der Waals surface area contributed by atoms with Crippen LogP contribution in [0.3, 0.4) is 0 Å². The van der Waals surface area contributed by atoms with Crippen LogP contribution >= 0.6 is 0 Å². The third-order valence-electron chi connectivity index (χ3n) is 3.38. The summed E-state index contributed by atoms with van der Waals surface area (Å²) in [6, 6.07) is 4.08. The predicted molar refractivity (Wildman–Crippen MR) is 72.8 cm³/mol. The van der Waals surface area contributed by atoms with E-state index in [0.29, 0.717) is 5.92 Å². The topological polar surface area (TPSA) is 72.2 Å². The molecule has 4 nitrogen and oxygen atoms in total. The molecular weight excluding hydrogens is 305 g/mol. The Bertz CT molecular complexity index is 598. The summed E-state index contributed by atoms with van der Waals surface area (Å²) in [5, 5.41) is 0. The summed E-state index contributed by atoms with van der Waals surface area (Å²) in [6.45, 7) is 0.117. The van der Waals surface area contributed by atoms with E-state index < -0.39 is 27.5 Å². The van der Waals surface area contributed by atoms with Gasteiger partial charge in [0.15, 0.2) is 0 Å². The second-order valence-corrected chi connectivity index (χ2v) is 7.11. The van der Waals surface area contributed by atoms with Crippen LogP contribution in [0.2, 0.25) is 0 Å². The number of nitrogens with two attached hydrogens (primary N) is 1. The van der Waals surface area contributed by atoms with E-state index in [-0.39, 0.29) is 18.2 Å². The quantitative estimate of drug-likeness (QED) is 0.840. The van der Waals surface area contributed by atoms with Gasteiger partial charge in [-0.1, -0.05) is 18.2 Å². The van der Waals surface area contributed by atoms with Crippen molar-refractivity contribution in [2.45, 2.75) is 30.8 Å². The minimum absolute atomic E-state index is 0.0947. The molecule has 1 aliphatic rings. The maximum absolute atomic E-state index is 12.6. The minimum atomic E-state index is -4.48. The van der Waals surface area contributed by atoms with Gasteiger partial charge in [-0.25, -0.2) is 13.1 Å². The fourth-order valence-electron chi connectivity index (χ4n) is 2.02. The van der Waals surface area contributed by atoms with Gasteiger partial charge >= 0.3 is 6.18 Å². The number of rotatable bonds is 6. The van der Waals surface area contributed by atoms with Gasteiger partial charge in [0.1, 0.15) is 0 Å². The van der Waals surface area contributed by atoms with Crippen LogP contribution in [0.4, 0.5) is 13.2 Å². The lowest BCUT2D eigenvalue weighted by Gasteiger charge is -2.13. The van der Waals surface area contributed by atoms with E-state index in [2.05, 4.69) is 4.72 Å². The third kappa shape index (κ3) is 4.98. The molecule has 1 fully saturated rings. The minimum Gasteiger partial charge on any atom is -0.326 e. The Morgan fingerprint density at radius 3 is 2.57 bits per heavy atom. The van der Waals surface area contributed by atoms with Crippen LogP contribution in [-0.4, -0.2) is 21.0 Å². The largest absolute Gasteiger partial charge is 0.416 e. The Labute approximate surface area is 121 Å². The van der Waals surface area contributed by atoms with E-state index in [0.717, 1.165) is 25.0 Å². The van der Waals surface area contributed by atoms with Crippen molar-refractivity contribution in [3.8, 4) is 0 Å². The van der Waals surface area contributed by atoms with Crippen LogP contribution in [0.15, 0.2) is 24.3 Å². The first kappa shape index (κ1) is 16.3. The first-order valence-corrected chi connectivity index (χ1v) is 8.22. The van der Waals surface area contributed by atoms with Crippen molar-refractivity contribution >= 4 is 10.0 Å². The summed E-state index contributed by atoms with van der Waals surface area (Å²) in [4.78, 5) is 0. The molecule has 1 atom stereocenters. The van der Waals surface area contributed by atoms with Crippen molar-refractivity contribution in [3.63, 3.8) is 0 Å². The van der Waals surface area contributed by atoms with Gasteiger partial charge < -0.3 is 5.73 Å². The highest BCUT2D eigenvalue weighted by molar-refractivity contribution is 7.88. The normalized spacial score (nSPS) is 17.7. The lowest BCUT2D eigenvalue weighted by molar-refractivity contribution is -0.137. The van der Waals surface area contributed by atoms with Gasteiger partial charge in [-0.05, 0) is 30.4 Å². The monoisotopic (exact) mass is 322 g/mol. The number of alkyl halides is 3. The molecule has 21 heavy (non-hydrogen) atoms. The Hall–Kier alpha value is -1.12. The molecule has 0 amide bonds. The van der Waals surface area contributed by atoms with Gasteiger partial charge in [0.25, 0.3) is 0 Å². The van der Waals surface area contributed by atoms with Gasteiger partial charge in [0, 0.05) is 12.6 Å². The average Bonchev–Trinajstić information content (AvgIpc) is 3.19. The Kier molecular flexibility index (Phi) is 4.60. The number of nitrogens with one attached hydrogen (secondary N) is 1. The molecule has 1 saturated carbocycles. The van der Waals surface area contributed by atoms with Crippen molar-refractivity contribution in [1.82, 2.24) is 4.72 Å². The smallest absolute Gasteiger partial charge is 0.326 e. The molecule has 8 heteroatoms. The Morgan fingerprint density at radius 1 is 1.33 bits per heavy atom. The number of benzene rings is 1. The summed E-state index contributed by atoms with van der Waals surface area (Å²) in [5.74, 6) is -0.143. The summed E-state index contributed by atoms with van der Waals surface area (Å²) >= 11 is 0. The number of hydrogen-bond acceptors (Lipinski definition) is 3. The first-order chi connectivity index (χ1) is 9.67. The second kappa shape index (κ2) is 5.94. The van der Waals surface area contributed by atoms with Crippen LogP contribution < -0.4 is 10.5 Å². The average molecular weight is 322 g/mol. The molecule has 1 aromatic rings.